The van der Waals surface area contributed by atoms with Gasteiger partial charge in [-0.05, 0) is 56.3 Å². The second-order valence-corrected chi connectivity index (χ2v) is 5.59. The summed E-state index contributed by atoms with van der Waals surface area (Å²) in [6, 6.07) is 0. The summed E-state index contributed by atoms with van der Waals surface area (Å²) >= 11 is 0. The van der Waals surface area contributed by atoms with E-state index < -0.39 is 0 Å². The predicted octanol–water partition coefficient (Wildman–Crippen LogP) is 3.36. The minimum Gasteiger partial charge on any atom is -0.393 e. The Bertz CT molecular complexity index is 142. The molecule has 0 atom stereocenters. The smallest absolute Gasteiger partial charge is 0.0540 e. The third-order valence-corrected chi connectivity index (χ3v) is 4.47. The maximum Gasteiger partial charge on any atom is 0.0540 e. The lowest BCUT2D eigenvalue weighted by atomic mass is 9.71. The van der Waals surface area contributed by atoms with Crippen molar-refractivity contribution in [2.45, 2.75) is 64.4 Å². The van der Waals surface area contributed by atoms with Crippen LogP contribution < -0.4 is 0 Å². The first kappa shape index (κ1) is 10.5. The summed E-state index contributed by atoms with van der Waals surface area (Å²) in [6.45, 7) is 2.39. The van der Waals surface area contributed by atoms with E-state index in [0.29, 0.717) is 0 Å². The zero-order valence-electron chi connectivity index (χ0n) is 9.41. The summed E-state index contributed by atoms with van der Waals surface area (Å²) < 4.78 is 0. The van der Waals surface area contributed by atoms with E-state index >= 15 is 0 Å². The number of hydrogen-bond acceptors (Lipinski definition) is 1. The molecule has 1 heteroatoms. The van der Waals surface area contributed by atoms with Gasteiger partial charge in [0.15, 0.2) is 0 Å². The molecule has 0 amide bonds. The van der Waals surface area contributed by atoms with Crippen LogP contribution in [-0.2, 0) is 0 Å². The van der Waals surface area contributed by atoms with Gasteiger partial charge in [0.1, 0.15) is 0 Å². The second-order valence-electron chi connectivity index (χ2n) is 5.59. The fourth-order valence-corrected chi connectivity index (χ4v) is 3.33. The third kappa shape index (κ3) is 2.50. The molecule has 0 heterocycles. The van der Waals surface area contributed by atoms with E-state index in [9.17, 15) is 5.11 Å². The van der Waals surface area contributed by atoms with Crippen LogP contribution in [0.5, 0.6) is 0 Å². The first-order valence-corrected chi connectivity index (χ1v) is 6.43. The molecule has 0 aromatic carbocycles. The van der Waals surface area contributed by atoms with Gasteiger partial charge in [0, 0.05) is 0 Å². The van der Waals surface area contributed by atoms with Crippen LogP contribution in [-0.4, -0.2) is 11.2 Å². The van der Waals surface area contributed by atoms with Crippen LogP contribution in [0, 0.1) is 17.8 Å². The van der Waals surface area contributed by atoms with Crippen LogP contribution in [0.25, 0.3) is 0 Å². The summed E-state index contributed by atoms with van der Waals surface area (Å²) in [5.41, 5.74) is 0. The minimum absolute atomic E-state index is 0.0220. The van der Waals surface area contributed by atoms with Gasteiger partial charge in [-0.15, -0.1) is 0 Å². The molecule has 82 valence electrons. The molecule has 1 N–H and O–H groups in total. The molecule has 0 aromatic heterocycles. The Labute approximate surface area is 87.9 Å². The van der Waals surface area contributed by atoms with Crippen molar-refractivity contribution >= 4 is 0 Å². The maximum absolute atomic E-state index is 9.47. The molecule has 0 spiro atoms. The fraction of sp³-hybridized carbons (Fsp3) is 1.00. The number of hydrogen-bond donors (Lipinski definition) is 1. The van der Waals surface area contributed by atoms with Crippen molar-refractivity contribution in [3.63, 3.8) is 0 Å². The summed E-state index contributed by atoms with van der Waals surface area (Å²) in [4.78, 5) is 0. The highest BCUT2D eigenvalue weighted by Crippen LogP contribution is 2.39. The molecule has 2 aliphatic rings. The van der Waals surface area contributed by atoms with E-state index in [1.54, 1.807) is 0 Å². The molecular weight excluding hydrogens is 172 g/mol. The van der Waals surface area contributed by atoms with Crippen LogP contribution in [0.1, 0.15) is 58.3 Å². The average molecular weight is 196 g/mol. The largest absolute Gasteiger partial charge is 0.393 e. The van der Waals surface area contributed by atoms with Crippen LogP contribution in [0.2, 0.25) is 0 Å². The maximum atomic E-state index is 9.47. The lowest BCUT2D eigenvalue weighted by Crippen LogP contribution is -2.26. The van der Waals surface area contributed by atoms with Crippen molar-refractivity contribution in [1.82, 2.24) is 0 Å². The normalized spacial score (nSPS) is 45.0. The number of aliphatic hydroxyl groups excluding tert-OH is 1. The van der Waals surface area contributed by atoms with Crippen molar-refractivity contribution < 1.29 is 5.11 Å². The van der Waals surface area contributed by atoms with Crippen LogP contribution in [0.3, 0.4) is 0 Å². The molecule has 0 aliphatic heterocycles. The lowest BCUT2D eigenvalue weighted by Gasteiger charge is -2.36. The van der Waals surface area contributed by atoms with E-state index in [-0.39, 0.29) is 6.10 Å². The first-order valence-electron chi connectivity index (χ1n) is 6.43. The highest BCUT2D eigenvalue weighted by atomic mass is 16.3. The lowest BCUT2D eigenvalue weighted by molar-refractivity contribution is 0.0780. The van der Waals surface area contributed by atoms with E-state index in [1.807, 2.05) is 0 Å². The Morgan fingerprint density at radius 3 is 1.64 bits per heavy atom. The van der Waals surface area contributed by atoms with Gasteiger partial charge >= 0.3 is 0 Å². The topological polar surface area (TPSA) is 20.2 Å². The Hall–Kier alpha value is -0.0400. The Balaban J connectivity index is 1.78. The van der Waals surface area contributed by atoms with Gasteiger partial charge in [-0.3, -0.25) is 0 Å². The molecule has 14 heavy (non-hydrogen) atoms. The SMILES string of the molecule is CC1CCC(C2CCC(O)CC2)CC1. The van der Waals surface area contributed by atoms with Crippen molar-refractivity contribution in [3.05, 3.63) is 0 Å². The van der Waals surface area contributed by atoms with E-state index in [0.717, 1.165) is 30.6 Å². The zero-order valence-corrected chi connectivity index (χ0v) is 9.41. The zero-order chi connectivity index (χ0) is 9.97. The molecule has 2 aliphatic carbocycles. The first-order chi connectivity index (χ1) is 6.75. The van der Waals surface area contributed by atoms with Crippen molar-refractivity contribution in [2.75, 3.05) is 0 Å². The molecule has 0 radical (unpaired) electrons. The molecule has 0 bridgehead atoms. The van der Waals surface area contributed by atoms with Gasteiger partial charge in [0.05, 0.1) is 6.10 Å². The van der Waals surface area contributed by atoms with Gasteiger partial charge < -0.3 is 5.11 Å². The molecule has 2 fully saturated rings. The van der Waals surface area contributed by atoms with E-state index in [4.69, 9.17) is 0 Å². The van der Waals surface area contributed by atoms with Gasteiger partial charge in [-0.1, -0.05) is 19.8 Å². The standard InChI is InChI=1S/C13H24O/c1-10-2-4-11(5-3-10)12-6-8-13(14)9-7-12/h10-14H,2-9H2,1H3. The van der Waals surface area contributed by atoms with Crippen molar-refractivity contribution in [1.29, 1.82) is 0 Å². The van der Waals surface area contributed by atoms with Gasteiger partial charge in [0.2, 0.25) is 0 Å². The average Bonchev–Trinajstić information content (AvgIpc) is 2.21. The minimum atomic E-state index is 0.0220. The van der Waals surface area contributed by atoms with Crippen LogP contribution in [0.15, 0.2) is 0 Å². The Morgan fingerprint density at radius 1 is 0.714 bits per heavy atom. The van der Waals surface area contributed by atoms with Crippen molar-refractivity contribution in [2.24, 2.45) is 17.8 Å². The Kier molecular flexibility index (Phi) is 3.48. The summed E-state index contributed by atoms with van der Waals surface area (Å²) in [7, 11) is 0. The van der Waals surface area contributed by atoms with Crippen LogP contribution >= 0.6 is 0 Å². The highest BCUT2D eigenvalue weighted by Gasteiger charge is 2.29. The molecule has 0 unspecified atom stereocenters. The van der Waals surface area contributed by atoms with E-state index in [1.165, 1.54) is 38.5 Å². The van der Waals surface area contributed by atoms with Crippen LogP contribution in [0.4, 0.5) is 0 Å². The quantitative estimate of drug-likeness (QED) is 0.682. The Morgan fingerprint density at radius 2 is 1.14 bits per heavy atom. The van der Waals surface area contributed by atoms with E-state index in [2.05, 4.69) is 6.92 Å². The van der Waals surface area contributed by atoms with Crippen molar-refractivity contribution in [3.8, 4) is 0 Å². The predicted molar refractivity (Wildman–Crippen MR) is 59.1 cm³/mol. The second kappa shape index (κ2) is 4.65. The summed E-state index contributed by atoms with van der Waals surface area (Å²) in [6.07, 6.45) is 10.6. The van der Waals surface area contributed by atoms with Gasteiger partial charge in [0.25, 0.3) is 0 Å². The molecule has 1 nitrogen and oxygen atoms in total. The molecule has 2 rings (SSSR count). The highest BCUT2D eigenvalue weighted by molar-refractivity contribution is 4.80. The number of rotatable bonds is 1. The molecule has 2 saturated carbocycles. The molecule has 0 aromatic rings. The number of aliphatic hydroxyl groups is 1. The monoisotopic (exact) mass is 196 g/mol. The van der Waals surface area contributed by atoms with Gasteiger partial charge in [-0.25, -0.2) is 0 Å². The molecule has 0 saturated heterocycles. The summed E-state index contributed by atoms with van der Waals surface area (Å²) in [5.74, 6) is 2.92. The fourth-order valence-electron chi connectivity index (χ4n) is 3.33. The summed E-state index contributed by atoms with van der Waals surface area (Å²) in [5, 5.41) is 9.47. The molecular formula is C13H24O. The van der Waals surface area contributed by atoms with Gasteiger partial charge in [-0.2, -0.15) is 0 Å². The third-order valence-electron chi connectivity index (χ3n) is 4.47.